The summed E-state index contributed by atoms with van der Waals surface area (Å²) in [4.78, 5) is 4.40. The number of alkyl halides is 1. The smallest absolute Gasteiger partial charge is 0.243 e. The van der Waals surface area contributed by atoms with Crippen molar-refractivity contribution < 1.29 is 9.13 Å². The van der Waals surface area contributed by atoms with E-state index in [0.29, 0.717) is 41.6 Å². The zero-order valence-corrected chi connectivity index (χ0v) is 13.7. The molecule has 0 bridgehead atoms. The SMILES string of the molecule is CC(=N)/C(=C(/C)N)c1ccn2nc(NC3CCOCC3F)nc2c1. The van der Waals surface area contributed by atoms with Gasteiger partial charge in [-0.05, 0) is 38.0 Å². The Morgan fingerprint density at radius 3 is 2.96 bits per heavy atom. The summed E-state index contributed by atoms with van der Waals surface area (Å²) < 4.78 is 20.6. The van der Waals surface area contributed by atoms with Gasteiger partial charge in [0.05, 0.1) is 12.6 Å². The number of nitrogens with one attached hydrogen (secondary N) is 2. The third-order valence-corrected chi connectivity index (χ3v) is 4.00. The lowest BCUT2D eigenvalue weighted by molar-refractivity contribution is 0.0284. The predicted octanol–water partition coefficient (Wildman–Crippen LogP) is 2.00. The van der Waals surface area contributed by atoms with Crippen LogP contribution in [-0.2, 0) is 4.74 Å². The average molecular weight is 332 g/mol. The van der Waals surface area contributed by atoms with Crippen molar-refractivity contribution in [2.24, 2.45) is 5.73 Å². The maximum absolute atomic E-state index is 13.8. The lowest BCUT2D eigenvalue weighted by atomic mass is 10.0. The Kier molecular flexibility index (Phi) is 4.48. The van der Waals surface area contributed by atoms with Gasteiger partial charge in [0.25, 0.3) is 0 Å². The summed E-state index contributed by atoms with van der Waals surface area (Å²) >= 11 is 0. The molecule has 3 heterocycles. The second-order valence-electron chi connectivity index (χ2n) is 5.97. The minimum Gasteiger partial charge on any atom is -0.402 e. The Balaban J connectivity index is 1.89. The number of halogens is 1. The highest BCUT2D eigenvalue weighted by Gasteiger charge is 2.26. The van der Waals surface area contributed by atoms with E-state index in [1.807, 2.05) is 12.1 Å². The Hall–Kier alpha value is -2.48. The van der Waals surface area contributed by atoms with E-state index >= 15 is 0 Å². The lowest BCUT2D eigenvalue weighted by Gasteiger charge is -2.26. The number of nitrogens with zero attached hydrogens (tertiary/aromatic N) is 3. The average Bonchev–Trinajstić information content (AvgIpc) is 2.90. The van der Waals surface area contributed by atoms with Crippen molar-refractivity contribution >= 4 is 22.9 Å². The number of fused-ring (bicyclic) bond motifs is 1. The van der Waals surface area contributed by atoms with Crippen LogP contribution in [0.15, 0.2) is 24.0 Å². The van der Waals surface area contributed by atoms with Crippen molar-refractivity contribution in [1.29, 1.82) is 5.41 Å². The summed E-state index contributed by atoms with van der Waals surface area (Å²) in [7, 11) is 0. The Morgan fingerprint density at radius 1 is 1.50 bits per heavy atom. The number of hydrogen-bond acceptors (Lipinski definition) is 6. The molecule has 1 fully saturated rings. The van der Waals surface area contributed by atoms with Crippen LogP contribution in [0.25, 0.3) is 11.2 Å². The van der Waals surface area contributed by atoms with Crippen LogP contribution in [0.4, 0.5) is 10.3 Å². The molecule has 2 aromatic rings. The molecule has 2 unspecified atom stereocenters. The Bertz CT molecular complexity index is 795. The minimum atomic E-state index is -1.07. The van der Waals surface area contributed by atoms with E-state index in [-0.39, 0.29) is 12.6 Å². The molecule has 2 aromatic heterocycles. The second-order valence-corrected chi connectivity index (χ2v) is 5.97. The molecule has 24 heavy (non-hydrogen) atoms. The standard InChI is InChI=1S/C16H21FN6O/c1-9(18)15(10(2)19)11-3-5-23-14(7-11)21-16(22-23)20-13-4-6-24-8-12(13)17/h3,5,7,12-13,18H,4,6,8,19H2,1-2H3,(H,20,22)/b15-10+,18-9?. The summed E-state index contributed by atoms with van der Waals surface area (Å²) in [6, 6.07) is 3.31. The number of rotatable bonds is 4. The van der Waals surface area contributed by atoms with Gasteiger partial charge in [-0.1, -0.05) is 0 Å². The van der Waals surface area contributed by atoms with Crippen molar-refractivity contribution in [3.8, 4) is 0 Å². The van der Waals surface area contributed by atoms with Crippen LogP contribution in [0, 0.1) is 5.41 Å². The molecule has 0 aromatic carbocycles. The van der Waals surface area contributed by atoms with Gasteiger partial charge in [-0.25, -0.2) is 8.91 Å². The second kappa shape index (κ2) is 6.56. The van der Waals surface area contributed by atoms with Crippen LogP contribution < -0.4 is 11.1 Å². The van der Waals surface area contributed by atoms with E-state index in [4.69, 9.17) is 15.9 Å². The van der Waals surface area contributed by atoms with Gasteiger partial charge in [-0.15, -0.1) is 5.10 Å². The Morgan fingerprint density at radius 2 is 2.29 bits per heavy atom. The number of aromatic nitrogens is 3. The van der Waals surface area contributed by atoms with Crippen molar-refractivity contribution in [1.82, 2.24) is 14.6 Å². The van der Waals surface area contributed by atoms with Crippen LogP contribution in [0.5, 0.6) is 0 Å². The third kappa shape index (κ3) is 3.23. The van der Waals surface area contributed by atoms with Crippen molar-refractivity contribution in [3.05, 3.63) is 29.6 Å². The van der Waals surface area contributed by atoms with E-state index in [0.717, 1.165) is 5.56 Å². The van der Waals surface area contributed by atoms with Crippen molar-refractivity contribution in [2.45, 2.75) is 32.5 Å². The zero-order valence-electron chi connectivity index (χ0n) is 13.7. The van der Waals surface area contributed by atoms with Crippen LogP contribution in [-0.4, -0.2) is 45.7 Å². The molecule has 1 aliphatic heterocycles. The summed E-state index contributed by atoms with van der Waals surface area (Å²) in [5.74, 6) is 0.378. The van der Waals surface area contributed by atoms with Gasteiger partial charge in [-0.2, -0.15) is 4.98 Å². The van der Waals surface area contributed by atoms with E-state index in [1.54, 1.807) is 24.6 Å². The van der Waals surface area contributed by atoms with E-state index < -0.39 is 6.17 Å². The summed E-state index contributed by atoms with van der Waals surface area (Å²) in [5.41, 5.74) is 8.95. The molecular weight excluding hydrogens is 311 g/mol. The summed E-state index contributed by atoms with van der Waals surface area (Å²) in [5, 5.41) is 15.2. The fourth-order valence-electron chi connectivity index (χ4n) is 2.87. The third-order valence-electron chi connectivity index (χ3n) is 4.00. The van der Waals surface area contributed by atoms with Gasteiger partial charge in [0.1, 0.15) is 6.17 Å². The molecule has 128 valence electrons. The molecule has 0 spiro atoms. The van der Waals surface area contributed by atoms with E-state index in [2.05, 4.69) is 15.4 Å². The Labute approximate surface area is 139 Å². The maximum Gasteiger partial charge on any atom is 0.243 e. The number of pyridine rings is 1. The van der Waals surface area contributed by atoms with Gasteiger partial charge in [0, 0.05) is 29.8 Å². The normalized spacial score (nSPS) is 22.3. The molecular formula is C16H21FN6O. The quantitative estimate of drug-likeness (QED) is 0.743. The van der Waals surface area contributed by atoms with Crippen LogP contribution in [0.2, 0.25) is 0 Å². The highest BCUT2D eigenvalue weighted by molar-refractivity contribution is 6.21. The van der Waals surface area contributed by atoms with Gasteiger partial charge in [0.15, 0.2) is 5.65 Å². The fourth-order valence-corrected chi connectivity index (χ4v) is 2.87. The fraction of sp³-hybridized carbons (Fsp3) is 0.438. The molecule has 0 saturated carbocycles. The lowest BCUT2D eigenvalue weighted by Crippen LogP contribution is -2.39. The monoisotopic (exact) mass is 332 g/mol. The highest BCUT2D eigenvalue weighted by atomic mass is 19.1. The van der Waals surface area contributed by atoms with Gasteiger partial charge in [0.2, 0.25) is 5.95 Å². The van der Waals surface area contributed by atoms with Crippen LogP contribution in [0.1, 0.15) is 25.8 Å². The molecule has 4 N–H and O–H groups in total. The number of nitrogens with two attached hydrogens (primary N) is 1. The highest BCUT2D eigenvalue weighted by Crippen LogP contribution is 2.21. The number of ether oxygens (including phenoxy) is 1. The van der Waals surface area contributed by atoms with E-state index in [1.165, 1.54) is 0 Å². The van der Waals surface area contributed by atoms with Crippen molar-refractivity contribution in [3.63, 3.8) is 0 Å². The topological polar surface area (TPSA) is 101 Å². The van der Waals surface area contributed by atoms with Crippen LogP contribution in [0.3, 0.4) is 0 Å². The molecule has 0 radical (unpaired) electrons. The van der Waals surface area contributed by atoms with Gasteiger partial charge >= 0.3 is 0 Å². The van der Waals surface area contributed by atoms with Gasteiger partial charge in [-0.3, -0.25) is 0 Å². The molecule has 0 amide bonds. The number of hydrogen-bond donors (Lipinski definition) is 3. The number of allylic oxidation sites excluding steroid dienone is 2. The number of anilines is 1. The summed E-state index contributed by atoms with van der Waals surface area (Å²) in [6.07, 6.45) is 1.26. The first-order chi connectivity index (χ1) is 11.5. The summed E-state index contributed by atoms with van der Waals surface area (Å²) in [6.45, 7) is 4.08. The zero-order chi connectivity index (χ0) is 17.3. The largest absolute Gasteiger partial charge is 0.402 e. The molecule has 1 saturated heterocycles. The minimum absolute atomic E-state index is 0.0950. The first-order valence-electron chi connectivity index (χ1n) is 7.82. The first kappa shape index (κ1) is 16.4. The van der Waals surface area contributed by atoms with Crippen LogP contribution >= 0.6 is 0 Å². The van der Waals surface area contributed by atoms with Crippen molar-refractivity contribution in [2.75, 3.05) is 18.5 Å². The predicted molar refractivity (Wildman–Crippen MR) is 90.9 cm³/mol. The molecule has 0 aliphatic carbocycles. The molecule has 7 nitrogen and oxygen atoms in total. The van der Waals surface area contributed by atoms with E-state index in [9.17, 15) is 4.39 Å². The first-order valence-corrected chi connectivity index (χ1v) is 7.82. The molecule has 8 heteroatoms. The molecule has 3 rings (SSSR count). The molecule has 2 atom stereocenters. The maximum atomic E-state index is 13.8. The van der Waals surface area contributed by atoms with Gasteiger partial charge < -0.3 is 21.2 Å². The molecule has 1 aliphatic rings.